The number of amides is 1. The van der Waals surface area contributed by atoms with Crippen LogP contribution in [0.25, 0.3) is 0 Å². The van der Waals surface area contributed by atoms with Gasteiger partial charge in [0, 0.05) is 24.4 Å². The molecule has 0 aliphatic carbocycles. The van der Waals surface area contributed by atoms with Gasteiger partial charge in [-0.05, 0) is 45.4 Å². The molecular formula is C19H27N5O. The van der Waals surface area contributed by atoms with E-state index in [0.29, 0.717) is 16.9 Å². The van der Waals surface area contributed by atoms with Crippen LogP contribution in [0, 0.1) is 23.7 Å². The molecule has 0 unspecified atom stereocenters. The van der Waals surface area contributed by atoms with Crippen LogP contribution < -0.4 is 10.2 Å². The molecule has 1 aliphatic rings. The zero-order valence-corrected chi connectivity index (χ0v) is 15.8. The Morgan fingerprint density at radius 2 is 2.04 bits per heavy atom. The molecule has 1 aromatic rings. The van der Waals surface area contributed by atoms with E-state index in [4.69, 9.17) is 0 Å². The summed E-state index contributed by atoms with van der Waals surface area (Å²) in [5.74, 6) is 0.341. The van der Waals surface area contributed by atoms with Crippen LogP contribution in [0.3, 0.4) is 0 Å². The topological polar surface area (TPSA) is 81.9 Å². The lowest BCUT2D eigenvalue weighted by Gasteiger charge is -2.25. The normalized spacial score (nSPS) is 17.6. The van der Waals surface area contributed by atoms with Crippen LogP contribution in [0.4, 0.5) is 5.82 Å². The summed E-state index contributed by atoms with van der Waals surface area (Å²) in [6.45, 7) is 11.7. The predicted molar refractivity (Wildman–Crippen MR) is 98.2 cm³/mol. The molecule has 25 heavy (non-hydrogen) atoms. The lowest BCUT2D eigenvalue weighted by Crippen LogP contribution is -2.32. The number of carbonyl (C=O) groups excluding carboxylic acids is 1. The van der Waals surface area contributed by atoms with Crippen molar-refractivity contribution in [2.75, 3.05) is 18.0 Å². The number of hydrogen-bond acceptors (Lipinski definition) is 5. The lowest BCUT2D eigenvalue weighted by atomic mass is 9.85. The van der Waals surface area contributed by atoms with Crippen LogP contribution >= 0.6 is 0 Å². The van der Waals surface area contributed by atoms with Gasteiger partial charge in [-0.1, -0.05) is 19.9 Å². The van der Waals surface area contributed by atoms with Crippen LogP contribution in [0.5, 0.6) is 0 Å². The molecule has 0 bridgehead atoms. The molecule has 2 rings (SSSR count). The fourth-order valence-electron chi connectivity index (χ4n) is 3.06. The SMILES string of the molecule is C/C=C(\C)NC(=O)c1c(N2CCCC(C)(C)CC2)nnc(C#N)c1C. The Hall–Kier alpha value is -2.42. The maximum absolute atomic E-state index is 12.8. The highest BCUT2D eigenvalue weighted by atomic mass is 16.1. The van der Waals surface area contributed by atoms with E-state index in [1.165, 1.54) is 0 Å². The molecule has 0 saturated carbocycles. The first-order valence-electron chi connectivity index (χ1n) is 8.75. The number of carbonyl (C=O) groups is 1. The Balaban J connectivity index is 2.45. The van der Waals surface area contributed by atoms with Crippen molar-refractivity contribution < 1.29 is 4.79 Å². The van der Waals surface area contributed by atoms with Crippen molar-refractivity contribution in [3.05, 3.63) is 28.6 Å². The first kappa shape index (κ1) is 18.9. The van der Waals surface area contributed by atoms with Gasteiger partial charge < -0.3 is 10.2 Å². The van der Waals surface area contributed by atoms with E-state index in [-0.39, 0.29) is 17.0 Å². The molecule has 0 spiro atoms. The van der Waals surface area contributed by atoms with Gasteiger partial charge in [0.15, 0.2) is 11.5 Å². The Kier molecular flexibility index (Phi) is 5.78. The summed E-state index contributed by atoms with van der Waals surface area (Å²) in [6, 6.07) is 2.03. The molecule has 1 aliphatic heterocycles. The number of hydrogen-bond donors (Lipinski definition) is 1. The van der Waals surface area contributed by atoms with Gasteiger partial charge in [0.2, 0.25) is 0 Å². The van der Waals surface area contributed by atoms with Crippen molar-refractivity contribution >= 4 is 11.7 Å². The van der Waals surface area contributed by atoms with Gasteiger partial charge in [0.1, 0.15) is 6.07 Å². The second-order valence-corrected chi connectivity index (χ2v) is 7.41. The molecule has 0 radical (unpaired) electrons. The summed E-state index contributed by atoms with van der Waals surface area (Å²) in [5.41, 5.74) is 2.28. The average molecular weight is 341 g/mol. The van der Waals surface area contributed by atoms with Crippen LogP contribution in [0.2, 0.25) is 0 Å². The number of nitrogens with zero attached hydrogens (tertiary/aromatic N) is 4. The third kappa shape index (κ3) is 4.36. The molecule has 1 amide bonds. The molecular weight excluding hydrogens is 314 g/mol. The van der Waals surface area contributed by atoms with Crippen LogP contribution in [0.1, 0.15) is 68.6 Å². The van der Waals surface area contributed by atoms with Crippen LogP contribution in [0.15, 0.2) is 11.8 Å². The summed E-state index contributed by atoms with van der Waals surface area (Å²) in [6.07, 6.45) is 5.05. The number of anilines is 1. The molecule has 0 aromatic carbocycles. The second kappa shape index (κ2) is 7.64. The fraction of sp³-hybridized carbons (Fsp3) is 0.579. The zero-order valence-electron chi connectivity index (χ0n) is 15.8. The molecule has 0 atom stereocenters. The van der Waals surface area contributed by atoms with Gasteiger partial charge in [0.05, 0.1) is 5.56 Å². The summed E-state index contributed by atoms with van der Waals surface area (Å²) in [7, 11) is 0. The van der Waals surface area contributed by atoms with Gasteiger partial charge in [-0.15, -0.1) is 10.2 Å². The highest BCUT2D eigenvalue weighted by Gasteiger charge is 2.28. The minimum Gasteiger partial charge on any atom is -0.354 e. The van der Waals surface area contributed by atoms with Gasteiger partial charge in [-0.25, -0.2) is 0 Å². The first-order valence-corrected chi connectivity index (χ1v) is 8.75. The van der Waals surface area contributed by atoms with Crippen LogP contribution in [-0.4, -0.2) is 29.2 Å². The Morgan fingerprint density at radius 1 is 1.32 bits per heavy atom. The minimum absolute atomic E-state index is 0.196. The molecule has 1 fully saturated rings. The van der Waals surface area contributed by atoms with Gasteiger partial charge >= 0.3 is 0 Å². The van der Waals surface area contributed by atoms with Crippen molar-refractivity contribution in [3.63, 3.8) is 0 Å². The number of rotatable bonds is 3. The van der Waals surface area contributed by atoms with Gasteiger partial charge in [-0.2, -0.15) is 5.26 Å². The summed E-state index contributed by atoms with van der Waals surface area (Å²) >= 11 is 0. The third-order valence-electron chi connectivity index (χ3n) is 4.91. The largest absolute Gasteiger partial charge is 0.354 e. The monoisotopic (exact) mass is 341 g/mol. The minimum atomic E-state index is -0.238. The summed E-state index contributed by atoms with van der Waals surface area (Å²) in [5, 5.41) is 20.4. The van der Waals surface area contributed by atoms with E-state index in [2.05, 4.69) is 34.3 Å². The second-order valence-electron chi connectivity index (χ2n) is 7.41. The van der Waals surface area contributed by atoms with E-state index in [1.807, 2.05) is 26.0 Å². The van der Waals surface area contributed by atoms with E-state index in [0.717, 1.165) is 38.0 Å². The standard InChI is InChI=1S/C19H27N5O/c1-6-13(2)21-18(25)16-14(3)15(12-20)22-23-17(16)24-10-7-8-19(4,5)9-11-24/h6H,7-11H2,1-5H3,(H,21,25)/b13-6+. The fourth-order valence-corrected chi connectivity index (χ4v) is 3.06. The number of aromatic nitrogens is 2. The quantitative estimate of drug-likeness (QED) is 0.912. The van der Waals surface area contributed by atoms with Crippen molar-refractivity contribution in [1.82, 2.24) is 15.5 Å². The molecule has 1 saturated heterocycles. The predicted octanol–water partition coefficient (Wildman–Crippen LogP) is 3.33. The number of nitriles is 1. The number of nitrogens with one attached hydrogen (secondary N) is 1. The maximum Gasteiger partial charge on any atom is 0.259 e. The average Bonchev–Trinajstić information content (AvgIpc) is 2.74. The zero-order chi connectivity index (χ0) is 18.6. The first-order chi connectivity index (χ1) is 11.8. The maximum atomic E-state index is 12.8. The molecule has 134 valence electrons. The van der Waals surface area contributed by atoms with Gasteiger partial charge in [0.25, 0.3) is 5.91 Å². The van der Waals surface area contributed by atoms with Gasteiger partial charge in [-0.3, -0.25) is 4.79 Å². The Bertz CT molecular complexity index is 730. The van der Waals surface area contributed by atoms with Crippen LogP contribution in [-0.2, 0) is 0 Å². The molecule has 6 nitrogen and oxygen atoms in total. The Morgan fingerprint density at radius 3 is 2.68 bits per heavy atom. The lowest BCUT2D eigenvalue weighted by molar-refractivity contribution is 0.0965. The smallest absolute Gasteiger partial charge is 0.259 e. The van der Waals surface area contributed by atoms with Crippen molar-refractivity contribution in [1.29, 1.82) is 5.26 Å². The molecule has 2 heterocycles. The van der Waals surface area contributed by atoms with Crippen molar-refractivity contribution in [2.24, 2.45) is 5.41 Å². The highest BCUT2D eigenvalue weighted by Crippen LogP contribution is 2.32. The van der Waals surface area contributed by atoms with E-state index >= 15 is 0 Å². The highest BCUT2D eigenvalue weighted by molar-refractivity contribution is 6.01. The summed E-state index contributed by atoms with van der Waals surface area (Å²) < 4.78 is 0. The summed E-state index contributed by atoms with van der Waals surface area (Å²) in [4.78, 5) is 15.0. The van der Waals surface area contributed by atoms with E-state index < -0.39 is 0 Å². The third-order valence-corrected chi connectivity index (χ3v) is 4.91. The molecule has 1 aromatic heterocycles. The molecule has 6 heteroatoms. The van der Waals surface area contributed by atoms with E-state index in [9.17, 15) is 10.1 Å². The van der Waals surface area contributed by atoms with Crippen molar-refractivity contribution in [3.8, 4) is 6.07 Å². The van der Waals surface area contributed by atoms with E-state index in [1.54, 1.807) is 6.92 Å². The Labute approximate surface area is 149 Å². The van der Waals surface area contributed by atoms with Crippen molar-refractivity contribution in [2.45, 2.75) is 53.9 Å². The number of allylic oxidation sites excluding steroid dienone is 2. The molecule has 1 N–H and O–H groups in total.